The highest BCUT2D eigenvalue weighted by Crippen LogP contribution is 2.26. The summed E-state index contributed by atoms with van der Waals surface area (Å²) in [6, 6.07) is 32.1. The number of amides is 2. The van der Waals surface area contributed by atoms with Crippen LogP contribution < -0.4 is 9.62 Å². The van der Waals surface area contributed by atoms with E-state index < -0.39 is 28.5 Å². The van der Waals surface area contributed by atoms with E-state index in [9.17, 15) is 18.0 Å². The van der Waals surface area contributed by atoms with Crippen LogP contribution in [0.3, 0.4) is 0 Å². The van der Waals surface area contributed by atoms with Crippen LogP contribution in [0.15, 0.2) is 114 Å². The van der Waals surface area contributed by atoms with Gasteiger partial charge in [-0.3, -0.25) is 13.9 Å². The Bertz CT molecular complexity index is 1720. The average Bonchev–Trinajstić information content (AvgIpc) is 3.10. The van der Waals surface area contributed by atoms with Crippen molar-refractivity contribution in [2.24, 2.45) is 0 Å². The Labute approximate surface area is 279 Å². The molecular formula is C39H45N3O4S. The van der Waals surface area contributed by atoms with E-state index >= 15 is 0 Å². The van der Waals surface area contributed by atoms with Gasteiger partial charge in [-0.05, 0) is 72.7 Å². The molecule has 1 N–H and O–H groups in total. The van der Waals surface area contributed by atoms with Crippen LogP contribution in [0, 0.1) is 6.92 Å². The van der Waals surface area contributed by atoms with Crippen LogP contribution in [0.4, 0.5) is 5.69 Å². The van der Waals surface area contributed by atoms with Gasteiger partial charge in [0.25, 0.3) is 10.0 Å². The van der Waals surface area contributed by atoms with Crippen molar-refractivity contribution in [2.75, 3.05) is 10.8 Å². The summed E-state index contributed by atoms with van der Waals surface area (Å²) in [5, 5.41) is 3.26. The fourth-order valence-corrected chi connectivity index (χ4v) is 7.65. The van der Waals surface area contributed by atoms with Crippen molar-refractivity contribution in [2.45, 2.75) is 82.3 Å². The summed E-state index contributed by atoms with van der Waals surface area (Å²) in [6.45, 7) is 3.71. The van der Waals surface area contributed by atoms with E-state index in [1.54, 1.807) is 35.2 Å². The predicted molar refractivity (Wildman–Crippen MR) is 187 cm³/mol. The fraction of sp³-hybridized carbons (Fsp3) is 0.333. The molecule has 4 aromatic rings. The Morgan fingerprint density at radius 2 is 1.40 bits per heavy atom. The lowest BCUT2D eigenvalue weighted by Gasteiger charge is -2.35. The zero-order chi connectivity index (χ0) is 33.2. The van der Waals surface area contributed by atoms with Gasteiger partial charge in [0.05, 0.1) is 10.6 Å². The van der Waals surface area contributed by atoms with E-state index in [2.05, 4.69) is 5.32 Å². The minimum Gasteiger partial charge on any atom is -0.352 e. The Morgan fingerprint density at radius 3 is 2.04 bits per heavy atom. The summed E-state index contributed by atoms with van der Waals surface area (Å²) in [6.07, 6.45) is 6.19. The highest BCUT2D eigenvalue weighted by molar-refractivity contribution is 7.92. The number of anilines is 1. The molecule has 0 bridgehead atoms. The number of nitrogens with zero attached hydrogens (tertiary/aromatic N) is 2. The first-order valence-electron chi connectivity index (χ1n) is 16.6. The summed E-state index contributed by atoms with van der Waals surface area (Å²) in [5.74, 6) is -0.667. The zero-order valence-electron chi connectivity index (χ0n) is 27.3. The third kappa shape index (κ3) is 8.69. The molecule has 246 valence electrons. The van der Waals surface area contributed by atoms with Gasteiger partial charge in [-0.15, -0.1) is 0 Å². The number of rotatable bonds is 13. The second kappa shape index (κ2) is 15.9. The smallest absolute Gasteiger partial charge is 0.264 e. The lowest BCUT2D eigenvalue weighted by molar-refractivity contribution is -0.140. The quantitative estimate of drug-likeness (QED) is 0.172. The lowest BCUT2D eigenvalue weighted by Crippen LogP contribution is -2.55. The monoisotopic (exact) mass is 651 g/mol. The van der Waals surface area contributed by atoms with Crippen molar-refractivity contribution in [3.8, 4) is 0 Å². The second-order valence-corrected chi connectivity index (χ2v) is 14.2. The molecule has 0 aromatic heterocycles. The number of nitrogens with one attached hydrogen (secondary N) is 1. The van der Waals surface area contributed by atoms with E-state index in [-0.39, 0.29) is 23.4 Å². The zero-order valence-corrected chi connectivity index (χ0v) is 28.2. The lowest BCUT2D eigenvalue weighted by atomic mass is 9.94. The molecule has 2 amide bonds. The van der Waals surface area contributed by atoms with Gasteiger partial charge in [-0.1, -0.05) is 111 Å². The highest BCUT2D eigenvalue weighted by atomic mass is 32.2. The van der Waals surface area contributed by atoms with E-state index in [0.717, 1.165) is 60.8 Å². The molecule has 4 aromatic carbocycles. The molecular weight excluding hydrogens is 607 g/mol. The highest BCUT2D eigenvalue weighted by Gasteiger charge is 2.35. The normalized spacial score (nSPS) is 14.3. The molecule has 8 heteroatoms. The molecule has 5 rings (SSSR count). The van der Waals surface area contributed by atoms with Crippen molar-refractivity contribution in [3.63, 3.8) is 0 Å². The first kappa shape index (κ1) is 33.9. The maximum atomic E-state index is 14.7. The summed E-state index contributed by atoms with van der Waals surface area (Å²) in [7, 11) is -4.13. The molecule has 1 fully saturated rings. The van der Waals surface area contributed by atoms with Gasteiger partial charge in [0.1, 0.15) is 12.6 Å². The number of sulfonamides is 1. The first-order valence-corrected chi connectivity index (χ1v) is 18.0. The third-order valence-corrected chi connectivity index (χ3v) is 10.9. The van der Waals surface area contributed by atoms with Crippen molar-refractivity contribution >= 4 is 27.5 Å². The number of hydrogen-bond acceptors (Lipinski definition) is 4. The van der Waals surface area contributed by atoms with Crippen molar-refractivity contribution in [1.29, 1.82) is 0 Å². The summed E-state index contributed by atoms with van der Waals surface area (Å²) < 4.78 is 29.6. The molecule has 7 nitrogen and oxygen atoms in total. The van der Waals surface area contributed by atoms with Gasteiger partial charge in [0, 0.05) is 19.0 Å². The minimum atomic E-state index is -4.13. The van der Waals surface area contributed by atoms with Gasteiger partial charge in [0.15, 0.2) is 0 Å². The molecule has 47 heavy (non-hydrogen) atoms. The largest absolute Gasteiger partial charge is 0.352 e. The number of hydrogen-bond donors (Lipinski definition) is 1. The van der Waals surface area contributed by atoms with Crippen LogP contribution in [-0.2, 0) is 39.0 Å². The van der Waals surface area contributed by atoms with Crippen LogP contribution in [0.5, 0.6) is 0 Å². The van der Waals surface area contributed by atoms with Crippen molar-refractivity contribution < 1.29 is 18.0 Å². The Morgan fingerprint density at radius 1 is 0.787 bits per heavy atom. The second-order valence-electron chi connectivity index (χ2n) is 12.3. The third-order valence-electron chi connectivity index (χ3n) is 9.07. The van der Waals surface area contributed by atoms with Crippen LogP contribution >= 0.6 is 0 Å². The Kier molecular flexibility index (Phi) is 11.5. The van der Waals surface area contributed by atoms with Gasteiger partial charge in [-0.2, -0.15) is 0 Å². The summed E-state index contributed by atoms with van der Waals surface area (Å²) >= 11 is 0. The fourth-order valence-electron chi connectivity index (χ4n) is 6.22. The predicted octanol–water partition coefficient (Wildman–Crippen LogP) is 6.84. The van der Waals surface area contributed by atoms with Crippen molar-refractivity contribution in [1.82, 2.24) is 10.2 Å². The van der Waals surface area contributed by atoms with Crippen LogP contribution in [-0.4, -0.2) is 43.8 Å². The number of carbonyl (C=O) groups is 2. The Balaban J connectivity index is 1.56. The molecule has 0 saturated heterocycles. The van der Waals surface area contributed by atoms with Gasteiger partial charge in [-0.25, -0.2) is 8.42 Å². The maximum absolute atomic E-state index is 14.7. The molecule has 0 aliphatic heterocycles. The molecule has 0 spiro atoms. The molecule has 1 saturated carbocycles. The Hall–Kier alpha value is -4.43. The van der Waals surface area contributed by atoms with Gasteiger partial charge in [0.2, 0.25) is 11.8 Å². The van der Waals surface area contributed by atoms with Gasteiger partial charge < -0.3 is 10.2 Å². The van der Waals surface area contributed by atoms with E-state index in [1.165, 1.54) is 16.4 Å². The van der Waals surface area contributed by atoms with Crippen molar-refractivity contribution in [3.05, 3.63) is 131 Å². The van der Waals surface area contributed by atoms with Crippen LogP contribution in [0.25, 0.3) is 0 Å². The standard InChI is InChI=1S/C39H45N3O4S/c1-3-31-23-25-35(26-24-31)42(47(45,46)36-21-11-6-12-22-36)29-38(43)41(28-33-18-14-13-15-30(33)2)37(27-32-16-7-4-8-17-32)39(44)40-34-19-9-5-10-20-34/h4,6-8,11-18,21-26,34,37H,3,5,9-10,19-20,27-29H2,1-2H3,(H,40,44)/t37-/m1/s1. The molecule has 1 aliphatic rings. The van der Waals surface area contributed by atoms with Gasteiger partial charge >= 0.3 is 0 Å². The minimum absolute atomic E-state index is 0.0528. The molecule has 0 unspecified atom stereocenters. The molecule has 1 aliphatic carbocycles. The summed E-state index contributed by atoms with van der Waals surface area (Å²) in [5.41, 5.74) is 4.25. The van der Waals surface area contributed by atoms with E-state index in [0.29, 0.717) is 12.1 Å². The molecule has 1 atom stereocenters. The van der Waals surface area contributed by atoms with Crippen LogP contribution in [0.1, 0.15) is 61.3 Å². The molecule has 0 radical (unpaired) electrons. The number of carbonyl (C=O) groups excluding carboxylic acids is 2. The first-order chi connectivity index (χ1) is 22.8. The number of aryl methyl sites for hydroxylation is 2. The van der Waals surface area contributed by atoms with E-state index in [1.807, 2.05) is 80.6 Å². The number of benzene rings is 4. The van der Waals surface area contributed by atoms with Crippen LogP contribution in [0.2, 0.25) is 0 Å². The summed E-state index contributed by atoms with van der Waals surface area (Å²) in [4.78, 5) is 30.6. The maximum Gasteiger partial charge on any atom is 0.264 e. The SMILES string of the molecule is CCc1ccc(N(CC(=O)N(Cc2ccccc2C)[C@H](Cc2ccccc2)C(=O)NC2CCCCC2)S(=O)(=O)c2ccccc2)cc1. The average molecular weight is 652 g/mol. The van der Waals surface area contributed by atoms with E-state index in [4.69, 9.17) is 0 Å². The topological polar surface area (TPSA) is 86.8 Å². The molecule has 0 heterocycles.